The van der Waals surface area contributed by atoms with Crippen LogP contribution in [-0.2, 0) is 4.74 Å². The maximum Gasteiger partial charge on any atom is 0.248 e. The number of benzene rings is 1. The lowest BCUT2D eigenvalue weighted by molar-refractivity contribution is 0.0999. The Morgan fingerprint density at radius 2 is 2.26 bits per heavy atom. The molecule has 5 nitrogen and oxygen atoms in total. The molecule has 0 aliphatic carbocycles. The summed E-state index contributed by atoms with van der Waals surface area (Å²) >= 11 is 1.62. The van der Waals surface area contributed by atoms with Gasteiger partial charge in [0.2, 0.25) is 5.91 Å². The number of rotatable bonds is 5. The second-order valence-corrected chi connectivity index (χ2v) is 7.00. The molecule has 1 aromatic carbocycles. The molecule has 0 unspecified atom stereocenters. The van der Waals surface area contributed by atoms with Crippen LogP contribution in [0.5, 0.6) is 5.75 Å². The molecule has 2 heterocycles. The van der Waals surface area contributed by atoms with Crippen LogP contribution in [0.1, 0.15) is 41.4 Å². The van der Waals surface area contributed by atoms with Crippen LogP contribution in [0, 0.1) is 0 Å². The fraction of sp³-hybridized carbons (Fsp3) is 0.412. The summed E-state index contributed by atoms with van der Waals surface area (Å²) in [5.41, 5.74) is 6.74. The van der Waals surface area contributed by atoms with Gasteiger partial charge in [-0.2, -0.15) is 0 Å². The molecule has 1 amide bonds. The van der Waals surface area contributed by atoms with Crippen molar-refractivity contribution in [2.75, 3.05) is 13.2 Å². The van der Waals surface area contributed by atoms with E-state index in [2.05, 4.69) is 18.8 Å². The van der Waals surface area contributed by atoms with E-state index in [9.17, 15) is 4.79 Å². The molecule has 1 aliphatic rings. The number of primary amides is 1. The molecule has 1 fully saturated rings. The molecule has 3 rings (SSSR count). The predicted octanol–water partition coefficient (Wildman–Crippen LogP) is 3.20. The third-order valence-electron chi connectivity index (χ3n) is 3.72. The van der Waals surface area contributed by atoms with E-state index >= 15 is 0 Å². The Morgan fingerprint density at radius 1 is 1.43 bits per heavy atom. The Labute approximate surface area is 139 Å². The predicted molar refractivity (Wildman–Crippen MR) is 90.0 cm³/mol. The molecule has 23 heavy (non-hydrogen) atoms. The average molecular weight is 332 g/mol. The Bertz CT molecular complexity index is 706. The number of carbonyl (C=O) groups excluding carboxylic acids is 1. The number of hydrogen-bond acceptors (Lipinski definition) is 5. The van der Waals surface area contributed by atoms with E-state index in [1.165, 1.54) is 4.88 Å². The number of nitrogens with zero attached hydrogens (tertiary/aromatic N) is 1. The van der Waals surface area contributed by atoms with Crippen molar-refractivity contribution in [3.8, 4) is 16.3 Å². The quantitative estimate of drug-likeness (QED) is 0.912. The number of nitrogens with two attached hydrogens (primary N) is 1. The van der Waals surface area contributed by atoms with Gasteiger partial charge in [-0.05, 0) is 24.1 Å². The Morgan fingerprint density at radius 3 is 2.87 bits per heavy atom. The van der Waals surface area contributed by atoms with Crippen LogP contribution in [0.3, 0.4) is 0 Å². The molecular weight excluding hydrogens is 312 g/mol. The summed E-state index contributed by atoms with van der Waals surface area (Å²) in [6.45, 7) is 5.54. The smallest absolute Gasteiger partial charge is 0.248 e. The van der Waals surface area contributed by atoms with Crippen molar-refractivity contribution in [2.45, 2.75) is 32.3 Å². The Balaban J connectivity index is 1.94. The zero-order chi connectivity index (χ0) is 16.4. The maximum absolute atomic E-state index is 11.6. The van der Waals surface area contributed by atoms with Crippen LogP contribution >= 0.6 is 11.3 Å². The minimum Gasteiger partial charge on any atom is -0.488 e. The molecule has 6 heteroatoms. The minimum atomic E-state index is -0.472. The lowest BCUT2D eigenvalue weighted by Gasteiger charge is -2.13. The third-order valence-corrected chi connectivity index (χ3v) is 5.07. The van der Waals surface area contributed by atoms with E-state index in [0.717, 1.165) is 17.0 Å². The first-order valence-corrected chi connectivity index (χ1v) is 8.50. The van der Waals surface area contributed by atoms with Gasteiger partial charge in [-0.1, -0.05) is 13.8 Å². The number of ether oxygens (including phenoxy) is 2. The summed E-state index contributed by atoms with van der Waals surface area (Å²) in [5.74, 6) is 0.583. The summed E-state index contributed by atoms with van der Waals surface area (Å²) in [6, 6.07) is 5.36. The van der Waals surface area contributed by atoms with Crippen LogP contribution in [-0.4, -0.2) is 30.2 Å². The molecule has 2 aromatic rings. The van der Waals surface area contributed by atoms with Crippen LogP contribution in [0.4, 0.5) is 0 Å². The number of hydrogen-bond donors (Lipinski definition) is 1. The molecule has 0 spiro atoms. The summed E-state index contributed by atoms with van der Waals surface area (Å²) in [7, 11) is 0. The van der Waals surface area contributed by atoms with Crippen LogP contribution < -0.4 is 10.5 Å². The first-order chi connectivity index (χ1) is 11.0. The van der Waals surface area contributed by atoms with Gasteiger partial charge in [-0.25, -0.2) is 4.98 Å². The number of aromatic nitrogens is 1. The van der Waals surface area contributed by atoms with Crippen molar-refractivity contribution in [1.82, 2.24) is 4.98 Å². The second kappa shape index (κ2) is 6.68. The van der Waals surface area contributed by atoms with Crippen LogP contribution in [0.25, 0.3) is 10.6 Å². The largest absolute Gasteiger partial charge is 0.488 e. The number of amides is 1. The van der Waals surface area contributed by atoms with Gasteiger partial charge in [0.25, 0.3) is 0 Å². The van der Waals surface area contributed by atoms with E-state index in [0.29, 0.717) is 30.4 Å². The van der Waals surface area contributed by atoms with Crippen molar-refractivity contribution in [1.29, 1.82) is 0 Å². The van der Waals surface area contributed by atoms with Gasteiger partial charge in [0.1, 0.15) is 16.9 Å². The monoisotopic (exact) mass is 332 g/mol. The normalized spacial score (nSPS) is 17.6. The number of thiazole rings is 1. The van der Waals surface area contributed by atoms with E-state index in [4.69, 9.17) is 15.2 Å². The van der Waals surface area contributed by atoms with Gasteiger partial charge in [0, 0.05) is 28.6 Å². The third kappa shape index (κ3) is 3.71. The molecule has 1 saturated heterocycles. The van der Waals surface area contributed by atoms with Crippen molar-refractivity contribution in [3.63, 3.8) is 0 Å². The highest BCUT2D eigenvalue weighted by molar-refractivity contribution is 7.15. The van der Waals surface area contributed by atoms with Crippen molar-refractivity contribution >= 4 is 17.2 Å². The second-order valence-electron chi connectivity index (χ2n) is 5.94. The van der Waals surface area contributed by atoms with Crippen LogP contribution in [0.2, 0.25) is 0 Å². The van der Waals surface area contributed by atoms with E-state index in [-0.39, 0.29) is 6.10 Å². The highest BCUT2D eigenvalue weighted by atomic mass is 32.1. The summed E-state index contributed by atoms with van der Waals surface area (Å²) in [6.07, 6.45) is 2.76. The lowest BCUT2D eigenvalue weighted by Crippen LogP contribution is -2.17. The standard InChI is InChI=1S/C17H20N2O3S/c1-10(2)15-8-19-17(23-15)12-5-11(16(18)20)6-14(7-12)22-13-3-4-21-9-13/h5-8,10,13H,3-4,9H2,1-2H3,(H2,18,20)/t13-/m1/s1. The molecule has 0 radical (unpaired) electrons. The minimum absolute atomic E-state index is 0.0218. The summed E-state index contributed by atoms with van der Waals surface area (Å²) in [4.78, 5) is 17.3. The van der Waals surface area contributed by atoms with Gasteiger partial charge in [-0.3, -0.25) is 4.79 Å². The van der Waals surface area contributed by atoms with Crippen molar-refractivity contribution < 1.29 is 14.3 Å². The maximum atomic E-state index is 11.6. The average Bonchev–Trinajstić information content (AvgIpc) is 3.18. The molecular formula is C17H20N2O3S. The molecule has 1 aromatic heterocycles. The van der Waals surface area contributed by atoms with E-state index in [1.807, 2.05) is 12.3 Å². The SMILES string of the molecule is CC(C)c1cnc(-c2cc(O[C@@H]3CCOC3)cc(C(N)=O)c2)s1. The van der Waals surface area contributed by atoms with Gasteiger partial charge in [0.05, 0.1) is 13.2 Å². The Kier molecular flexibility index (Phi) is 4.63. The molecule has 0 bridgehead atoms. The molecule has 1 aliphatic heterocycles. The lowest BCUT2D eigenvalue weighted by atomic mass is 10.1. The zero-order valence-corrected chi connectivity index (χ0v) is 14.1. The first kappa shape index (κ1) is 16.0. The topological polar surface area (TPSA) is 74.4 Å². The summed E-state index contributed by atoms with van der Waals surface area (Å²) < 4.78 is 11.3. The molecule has 122 valence electrons. The van der Waals surface area contributed by atoms with Crippen molar-refractivity contribution in [2.24, 2.45) is 5.73 Å². The number of carbonyl (C=O) groups is 1. The van der Waals surface area contributed by atoms with Gasteiger partial charge < -0.3 is 15.2 Å². The fourth-order valence-electron chi connectivity index (χ4n) is 2.42. The highest BCUT2D eigenvalue weighted by Gasteiger charge is 2.19. The molecule has 2 N–H and O–H groups in total. The molecule has 1 atom stereocenters. The van der Waals surface area contributed by atoms with Crippen molar-refractivity contribution in [3.05, 3.63) is 34.8 Å². The van der Waals surface area contributed by atoms with Crippen LogP contribution in [0.15, 0.2) is 24.4 Å². The van der Waals surface area contributed by atoms with Gasteiger partial charge in [-0.15, -0.1) is 11.3 Å². The fourth-order valence-corrected chi connectivity index (χ4v) is 3.32. The Hall–Kier alpha value is -1.92. The van der Waals surface area contributed by atoms with E-state index < -0.39 is 5.91 Å². The van der Waals surface area contributed by atoms with E-state index in [1.54, 1.807) is 23.5 Å². The first-order valence-electron chi connectivity index (χ1n) is 7.68. The van der Waals surface area contributed by atoms with Gasteiger partial charge >= 0.3 is 0 Å². The molecule has 0 saturated carbocycles. The zero-order valence-electron chi connectivity index (χ0n) is 13.2. The summed E-state index contributed by atoms with van der Waals surface area (Å²) in [5, 5.41) is 0.865. The highest BCUT2D eigenvalue weighted by Crippen LogP contribution is 2.32. The van der Waals surface area contributed by atoms with Gasteiger partial charge in [0.15, 0.2) is 0 Å².